The van der Waals surface area contributed by atoms with Crippen LogP contribution in [0.25, 0.3) is 11.0 Å². The minimum Gasteiger partial charge on any atom is -0.497 e. The van der Waals surface area contributed by atoms with Crippen molar-refractivity contribution in [2.24, 2.45) is 0 Å². The maximum atomic E-state index is 13.0. The van der Waals surface area contributed by atoms with Gasteiger partial charge in [-0.2, -0.15) is 0 Å². The smallest absolute Gasteiger partial charge is 0.244 e. The fourth-order valence-corrected chi connectivity index (χ4v) is 3.74. The molecule has 0 spiro atoms. The van der Waals surface area contributed by atoms with E-state index in [9.17, 15) is 4.79 Å². The minimum absolute atomic E-state index is 0.00635. The van der Waals surface area contributed by atoms with Gasteiger partial charge in [-0.25, -0.2) is 4.68 Å². The predicted octanol–water partition coefficient (Wildman–Crippen LogP) is 2.81. The van der Waals surface area contributed by atoms with E-state index in [1.165, 1.54) is 0 Å². The second-order valence-electron chi connectivity index (χ2n) is 6.59. The van der Waals surface area contributed by atoms with E-state index in [0.717, 1.165) is 47.5 Å². The van der Waals surface area contributed by atoms with Crippen molar-refractivity contribution in [2.75, 3.05) is 20.8 Å². The molecule has 7 heteroatoms. The first kappa shape index (κ1) is 17.3. The quantitative estimate of drug-likeness (QED) is 0.694. The van der Waals surface area contributed by atoms with Gasteiger partial charge in [0.05, 0.1) is 25.8 Å². The van der Waals surface area contributed by atoms with E-state index in [-0.39, 0.29) is 18.5 Å². The molecule has 0 saturated carbocycles. The van der Waals surface area contributed by atoms with E-state index in [1.54, 1.807) is 18.9 Å². The molecule has 1 aliphatic heterocycles. The molecule has 2 heterocycles. The van der Waals surface area contributed by atoms with Crippen molar-refractivity contribution in [1.82, 2.24) is 19.9 Å². The molecule has 7 nitrogen and oxygen atoms in total. The number of para-hydroxylation sites is 1. The van der Waals surface area contributed by atoms with Gasteiger partial charge < -0.3 is 14.4 Å². The van der Waals surface area contributed by atoms with Crippen LogP contribution in [0.1, 0.15) is 24.4 Å². The minimum atomic E-state index is -0.00635. The molecule has 1 aliphatic rings. The number of hydrogen-bond acceptors (Lipinski definition) is 5. The van der Waals surface area contributed by atoms with Gasteiger partial charge in [0.25, 0.3) is 0 Å². The molecule has 27 heavy (non-hydrogen) atoms. The summed E-state index contributed by atoms with van der Waals surface area (Å²) < 4.78 is 12.5. The number of carbonyl (C=O) groups excluding carboxylic acids is 1. The van der Waals surface area contributed by atoms with E-state index in [1.807, 2.05) is 47.4 Å². The Labute approximate surface area is 157 Å². The zero-order valence-electron chi connectivity index (χ0n) is 15.5. The van der Waals surface area contributed by atoms with Gasteiger partial charge in [0.1, 0.15) is 23.6 Å². The Kier molecular flexibility index (Phi) is 4.66. The molecule has 0 unspecified atom stereocenters. The summed E-state index contributed by atoms with van der Waals surface area (Å²) in [4.78, 5) is 15.0. The summed E-state index contributed by atoms with van der Waals surface area (Å²) in [5, 5.41) is 8.27. The summed E-state index contributed by atoms with van der Waals surface area (Å²) >= 11 is 0. The summed E-state index contributed by atoms with van der Waals surface area (Å²) in [6.45, 7) is 0.904. The molecule has 2 aromatic carbocycles. The number of hydrogen-bond donors (Lipinski definition) is 0. The van der Waals surface area contributed by atoms with Crippen molar-refractivity contribution in [3.05, 3.63) is 48.0 Å². The van der Waals surface area contributed by atoms with Gasteiger partial charge in [-0.05, 0) is 37.1 Å². The van der Waals surface area contributed by atoms with Gasteiger partial charge in [0, 0.05) is 18.2 Å². The van der Waals surface area contributed by atoms with Gasteiger partial charge in [0.15, 0.2) is 0 Å². The number of nitrogens with zero attached hydrogens (tertiary/aromatic N) is 4. The van der Waals surface area contributed by atoms with Gasteiger partial charge in [0.2, 0.25) is 5.91 Å². The highest BCUT2D eigenvalue weighted by atomic mass is 16.5. The van der Waals surface area contributed by atoms with Gasteiger partial charge >= 0.3 is 0 Å². The summed E-state index contributed by atoms with van der Waals surface area (Å²) in [5.74, 6) is 1.51. The molecule has 1 atom stereocenters. The number of likely N-dealkylation sites (tertiary alicyclic amines) is 1. The number of amides is 1. The van der Waals surface area contributed by atoms with Crippen LogP contribution < -0.4 is 9.47 Å². The van der Waals surface area contributed by atoms with E-state index < -0.39 is 0 Å². The third-order valence-electron chi connectivity index (χ3n) is 5.08. The number of methoxy groups -OCH3 is 2. The van der Waals surface area contributed by atoms with Crippen molar-refractivity contribution in [1.29, 1.82) is 0 Å². The van der Waals surface area contributed by atoms with Crippen LogP contribution in [0.15, 0.2) is 42.5 Å². The summed E-state index contributed by atoms with van der Waals surface area (Å²) in [5.41, 5.74) is 2.66. The third-order valence-corrected chi connectivity index (χ3v) is 5.08. The summed E-state index contributed by atoms with van der Waals surface area (Å²) in [6.07, 6.45) is 1.87. The molecule has 3 aromatic rings. The maximum Gasteiger partial charge on any atom is 0.244 e. The lowest BCUT2D eigenvalue weighted by Crippen LogP contribution is -2.33. The average Bonchev–Trinajstić information content (AvgIpc) is 3.35. The van der Waals surface area contributed by atoms with Crippen LogP contribution in [-0.2, 0) is 11.3 Å². The average molecular weight is 366 g/mol. The molecular weight excluding hydrogens is 344 g/mol. The SMILES string of the molecule is COc1ccc([C@@H]2CCCN2C(=O)Cn2nnc3ccccc32)c(OC)c1. The highest BCUT2D eigenvalue weighted by Crippen LogP contribution is 2.38. The van der Waals surface area contributed by atoms with Gasteiger partial charge in [-0.1, -0.05) is 17.3 Å². The van der Waals surface area contributed by atoms with Crippen LogP contribution >= 0.6 is 0 Å². The Morgan fingerprint density at radius 3 is 2.85 bits per heavy atom. The Bertz CT molecular complexity index is 969. The standard InChI is InChI=1S/C20H22N4O3/c1-26-14-9-10-15(19(12-14)27-2)17-8-5-11-23(17)20(25)13-24-18-7-4-3-6-16(18)21-22-24/h3-4,6-7,9-10,12,17H,5,8,11,13H2,1-2H3/t17-/m0/s1. The predicted molar refractivity (Wildman–Crippen MR) is 101 cm³/mol. The highest BCUT2D eigenvalue weighted by Gasteiger charge is 2.32. The fraction of sp³-hybridized carbons (Fsp3) is 0.350. The lowest BCUT2D eigenvalue weighted by atomic mass is 10.0. The summed E-state index contributed by atoms with van der Waals surface area (Å²) in [7, 11) is 3.27. The lowest BCUT2D eigenvalue weighted by molar-refractivity contribution is -0.132. The lowest BCUT2D eigenvalue weighted by Gasteiger charge is -2.26. The van der Waals surface area contributed by atoms with Crippen LogP contribution in [-0.4, -0.2) is 46.6 Å². The number of aromatic nitrogens is 3. The molecule has 0 radical (unpaired) electrons. The second kappa shape index (κ2) is 7.26. The molecule has 1 aromatic heterocycles. The number of benzene rings is 2. The van der Waals surface area contributed by atoms with E-state index in [0.29, 0.717) is 0 Å². The Balaban J connectivity index is 1.59. The number of rotatable bonds is 5. The van der Waals surface area contributed by atoms with Crippen LogP contribution in [0.5, 0.6) is 11.5 Å². The normalized spacial score (nSPS) is 16.7. The van der Waals surface area contributed by atoms with Crippen molar-refractivity contribution < 1.29 is 14.3 Å². The van der Waals surface area contributed by atoms with Crippen molar-refractivity contribution in [3.63, 3.8) is 0 Å². The molecule has 4 rings (SSSR count). The molecule has 0 N–H and O–H groups in total. The summed E-state index contributed by atoms with van der Waals surface area (Å²) in [6, 6.07) is 13.4. The highest BCUT2D eigenvalue weighted by molar-refractivity contribution is 5.80. The van der Waals surface area contributed by atoms with E-state index in [2.05, 4.69) is 10.3 Å². The molecule has 140 valence electrons. The molecule has 1 saturated heterocycles. The first-order chi connectivity index (χ1) is 13.2. The topological polar surface area (TPSA) is 69.5 Å². The first-order valence-electron chi connectivity index (χ1n) is 9.01. The number of fused-ring (bicyclic) bond motifs is 1. The van der Waals surface area contributed by atoms with Crippen LogP contribution in [0.3, 0.4) is 0 Å². The molecule has 1 amide bonds. The second-order valence-corrected chi connectivity index (χ2v) is 6.59. The number of carbonyl (C=O) groups is 1. The van der Waals surface area contributed by atoms with Crippen LogP contribution in [0, 0.1) is 0 Å². The van der Waals surface area contributed by atoms with Crippen molar-refractivity contribution in [2.45, 2.75) is 25.4 Å². The van der Waals surface area contributed by atoms with Crippen molar-refractivity contribution >= 4 is 16.9 Å². The van der Waals surface area contributed by atoms with E-state index >= 15 is 0 Å². The fourth-order valence-electron chi connectivity index (χ4n) is 3.74. The van der Waals surface area contributed by atoms with Gasteiger partial charge in [-0.3, -0.25) is 4.79 Å². The zero-order valence-corrected chi connectivity index (χ0v) is 15.5. The Morgan fingerprint density at radius 2 is 2.04 bits per heavy atom. The largest absolute Gasteiger partial charge is 0.497 e. The van der Waals surface area contributed by atoms with Crippen LogP contribution in [0.2, 0.25) is 0 Å². The third kappa shape index (κ3) is 3.20. The van der Waals surface area contributed by atoms with Gasteiger partial charge in [-0.15, -0.1) is 5.10 Å². The Morgan fingerprint density at radius 1 is 1.19 bits per heavy atom. The maximum absolute atomic E-state index is 13.0. The molecular formula is C20H22N4O3. The van der Waals surface area contributed by atoms with E-state index in [4.69, 9.17) is 9.47 Å². The molecule has 0 bridgehead atoms. The molecule has 1 fully saturated rings. The van der Waals surface area contributed by atoms with Crippen LogP contribution in [0.4, 0.5) is 0 Å². The van der Waals surface area contributed by atoms with Crippen molar-refractivity contribution in [3.8, 4) is 11.5 Å². The first-order valence-corrected chi connectivity index (χ1v) is 9.01. The zero-order chi connectivity index (χ0) is 18.8. The molecule has 0 aliphatic carbocycles. The Hall–Kier alpha value is -3.09. The monoisotopic (exact) mass is 366 g/mol. The number of ether oxygens (including phenoxy) is 2.